The van der Waals surface area contributed by atoms with Gasteiger partial charge in [-0.15, -0.1) is 11.6 Å². The molecule has 0 fully saturated rings. The van der Waals surface area contributed by atoms with E-state index in [1.807, 2.05) is 36.4 Å². The standard InChI is InChI=1S/C13H9Cl3/c14-10-7-4-8-11(15)12(10)13(16)9-5-2-1-3-6-9/h1-8,13H. The number of hydrogen-bond acceptors (Lipinski definition) is 0. The molecule has 1 unspecified atom stereocenters. The van der Waals surface area contributed by atoms with Crippen LogP contribution in [0.4, 0.5) is 0 Å². The second-order valence-corrected chi connectivity index (χ2v) is 4.66. The third kappa shape index (κ3) is 2.35. The number of alkyl halides is 1. The topological polar surface area (TPSA) is 0 Å². The molecule has 0 saturated heterocycles. The van der Waals surface area contributed by atoms with Crippen LogP contribution in [0.1, 0.15) is 16.5 Å². The van der Waals surface area contributed by atoms with E-state index in [0.717, 1.165) is 11.1 Å². The SMILES string of the molecule is Clc1cccc(Cl)c1C(Cl)c1ccccc1. The van der Waals surface area contributed by atoms with Gasteiger partial charge in [-0.1, -0.05) is 59.6 Å². The third-order valence-electron chi connectivity index (χ3n) is 2.35. The third-order valence-corrected chi connectivity index (χ3v) is 3.47. The molecule has 82 valence electrons. The first-order chi connectivity index (χ1) is 7.70. The Bertz CT molecular complexity index is 460. The van der Waals surface area contributed by atoms with Crippen molar-refractivity contribution in [1.82, 2.24) is 0 Å². The van der Waals surface area contributed by atoms with Crippen LogP contribution in [0.3, 0.4) is 0 Å². The summed E-state index contributed by atoms with van der Waals surface area (Å²) in [6, 6.07) is 15.1. The monoisotopic (exact) mass is 270 g/mol. The largest absolute Gasteiger partial charge is 0.112 e. The molecule has 0 nitrogen and oxygen atoms in total. The molecule has 16 heavy (non-hydrogen) atoms. The van der Waals surface area contributed by atoms with E-state index in [2.05, 4.69) is 0 Å². The molecule has 1 atom stereocenters. The van der Waals surface area contributed by atoms with Crippen LogP contribution in [-0.4, -0.2) is 0 Å². The van der Waals surface area contributed by atoms with Crippen molar-refractivity contribution in [2.45, 2.75) is 5.38 Å². The quantitative estimate of drug-likeness (QED) is 0.648. The highest BCUT2D eigenvalue weighted by molar-refractivity contribution is 6.38. The minimum Gasteiger partial charge on any atom is -0.112 e. The number of hydrogen-bond donors (Lipinski definition) is 0. The van der Waals surface area contributed by atoms with Gasteiger partial charge >= 0.3 is 0 Å². The zero-order valence-electron chi connectivity index (χ0n) is 8.33. The summed E-state index contributed by atoms with van der Waals surface area (Å²) in [5.41, 5.74) is 1.75. The first kappa shape index (κ1) is 11.8. The zero-order chi connectivity index (χ0) is 11.5. The lowest BCUT2D eigenvalue weighted by Gasteiger charge is -2.13. The van der Waals surface area contributed by atoms with Crippen molar-refractivity contribution in [3.63, 3.8) is 0 Å². The summed E-state index contributed by atoms with van der Waals surface area (Å²) in [7, 11) is 0. The molecule has 0 saturated carbocycles. The van der Waals surface area contributed by atoms with Gasteiger partial charge in [-0.2, -0.15) is 0 Å². The van der Waals surface area contributed by atoms with Crippen molar-refractivity contribution in [3.8, 4) is 0 Å². The highest BCUT2D eigenvalue weighted by atomic mass is 35.5. The summed E-state index contributed by atoms with van der Waals surface area (Å²) < 4.78 is 0. The van der Waals surface area contributed by atoms with Crippen molar-refractivity contribution in [2.24, 2.45) is 0 Å². The molecule has 0 aliphatic heterocycles. The van der Waals surface area contributed by atoms with Gasteiger partial charge in [0, 0.05) is 15.6 Å². The second kappa shape index (κ2) is 5.09. The molecule has 0 aliphatic rings. The summed E-state index contributed by atoms with van der Waals surface area (Å²) in [6.07, 6.45) is 0. The van der Waals surface area contributed by atoms with Gasteiger partial charge in [0.15, 0.2) is 0 Å². The minimum atomic E-state index is -0.317. The molecule has 2 aromatic rings. The van der Waals surface area contributed by atoms with Gasteiger partial charge in [-0.25, -0.2) is 0 Å². The average Bonchev–Trinajstić information content (AvgIpc) is 2.30. The molecule has 2 rings (SSSR count). The maximum Gasteiger partial charge on any atom is 0.0864 e. The normalized spacial score (nSPS) is 12.4. The first-order valence-electron chi connectivity index (χ1n) is 4.83. The molecule has 0 aromatic heterocycles. The summed E-state index contributed by atoms with van der Waals surface area (Å²) in [4.78, 5) is 0. The number of halogens is 3. The molecule has 2 aromatic carbocycles. The Morgan fingerprint density at radius 1 is 0.750 bits per heavy atom. The van der Waals surface area contributed by atoms with Crippen molar-refractivity contribution in [2.75, 3.05) is 0 Å². The Labute approximate surface area is 110 Å². The average molecular weight is 272 g/mol. The van der Waals surface area contributed by atoms with Gasteiger partial charge in [-0.3, -0.25) is 0 Å². The van der Waals surface area contributed by atoms with Gasteiger partial charge in [-0.05, 0) is 17.7 Å². The lowest BCUT2D eigenvalue weighted by atomic mass is 10.0. The van der Waals surface area contributed by atoms with Crippen LogP contribution in [-0.2, 0) is 0 Å². The molecule has 0 amide bonds. The van der Waals surface area contributed by atoms with Gasteiger partial charge < -0.3 is 0 Å². The summed E-state index contributed by atoms with van der Waals surface area (Å²) in [5.74, 6) is 0. The molecule has 0 heterocycles. The van der Waals surface area contributed by atoms with Crippen LogP contribution in [0.2, 0.25) is 10.0 Å². The highest BCUT2D eigenvalue weighted by Crippen LogP contribution is 2.37. The lowest BCUT2D eigenvalue weighted by molar-refractivity contribution is 1.14. The smallest absolute Gasteiger partial charge is 0.0864 e. The zero-order valence-corrected chi connectivity index (χ0v) is 10.6. The van der Waals surface area contributed by atoms with E-state index in [1.54, 1.807) is 12.1 Å². The molecule has 0 bridgehead atoms. The fourth-order valence-corrected chi connectivity index (χ4v) is 2.65. The van der Waals surface area contributed by atoms with Crippen LogP contribution in [0.5, 0.6) is 0 Å². The molecule has 0 aliphatic carbocycles. The number of benzene rings is 2. The minimum absolute atomic E-state index is 0.317. The fraction of sp³-hybridized carbons (Fsp3) is 0.0769. The van der Waals surface area contributed by atoms with Crippen LogP contribution < -0.4 is 0 Å². The molecule has 0 radical (unpaired) electrons. The van der Waals surface area contributed by atoms with E-state index >= 15 is 0 Å². The molecule has 0 N–H and O–H groups in total. The molecular formula is C13H9Cl3. The molecule has 3 heteroatoms. The van der Waals surface area contributed by atoms with Gasteiger partial charge in [0.25, 0.3) is 0 Å². The van der Waals surface area contributed by atoms with E-state index in [9.17, 15) is 0 Å². The van der Waals surface area contributed by atoms with Gasteiger partial charge in [0.05, 0.1) is 5.38 Å². The Morgan fingerprint density at radius 2 is 1.31 bits per heavy atom. The highest BCUT2D eigenvalue weighted by Gasteiger charge is 2.16. The second-order valence-electron chi connectivity index (χ2n) is 3.41. The molecular weight excluding hydrogens is 263 g/mol. The van der Waals surface area contributed by atoms with E-state index in [1.165, 1.54) is 0 Å². The van der Waals surface area contributed by atoms with Crippen LogP contribution >= 0.6 is 34.8 Å². The van der Waals surface area contributed by atoms with Crippen LogP contribution in [0.15, 0.2) is 48.5 Å². The van der Waals surface area contributed by atoms with Crippen LogP contribution in [0.25, 0.3) is 0 Å². The number of rotatable bonds is 2. The Balaban J connectivity index is 2.46. The van der Waals surface area contributed by atoms with Gasteiger partial charge in [0.2, 0.25) is 0 Å². The summed E-state index contributed by atoms with van der Waals surface area (Å²) in [5, 5.41) is 0.870. The Kier molecular flexibility index (Phi) is 3.75. The van der Waals surface area contributed by atoms with E-state index in [-0.39, 0.29) is 5.38 Å². The van der Waals surface area contributed by atoms with E-state index in [4.69, 9.17) is 34.8 Å². The predicted octanol–water partition coefficient (Wildman–Crippen LogP) is 5.32. The summed E-state index contributed by atoms with van der Waals surface area (Å²) >= 11 is 18.6. The van der Waals surface area contributed by atoms with Crippen LogP contribution in [0, 0.1) is 0 Å². The molecule has 0 spiro atoms. The summed E-state index contributed by atoms with van der Waals surface area (Å²) in [6.45, 7) is 0. The van der Waals surface area contributed by atoms with Gasteiger partial charge in [0.1, 0.15) is 0 Å². The van der Waals surface area contributed by atoms with E-state index < -0.39 is 0 Å². The maximum absolute atomic E-state index is 6.37. The van der Waals surface area contributed by atoms with Crippen molar-refractivity contribution < 1.29 is 0 Å². The van der Waals surface area contributed by atoms with Crippen molar-refractivity contribution >= 4 is 34.8 Å². The lowest BCUT2D eigenvalue weighted by Crippen LogP contribution is -1.95. The Hall–Kier alpha value is -0.690. The van der Waals surface area contributed by atoms with Crippen molar-refractivity contribution in [3.05, 3.63) is 69.7 Å². The maximum atomic E-state index is 6.37. The van der Waals surface area contributed by atoms with Crippen molar-refractivity contribution in [1.29, 1.82) is 0 Å². The fourth-order valence-electron chi connectivity index (χ4n) is 1.54. The first-order valence-corrected chi connectivity index (χ1v) is 6.02. The predicted molar refractivity (Wildman–Crippen MR) is 70.6 cm³/mol. The van der Waals surface area contributed by atoms with E-state index in [0.29, 0.717) is 10.0 Å². The Morgan fingerprint density at radius 3 is 1.88 bits per heavy atom.